The highest BCUT2D eigenvalue weighted by Gasteiger charge is 2.39. The van der Waals surface area contributed by atoms with E-state index in [2.05, 4.69) is 17.4 Å². The molecule has 4 heteroatoms. The summed E-state index contributed by atoms with van der Waals surface area (Å²) in [6.45, 7) is 2.05. The van der Waals surface area contributed by atoms with Gasteiger partial charge in [0.25, 0.3) is 0 Å². The van der Waals surface area contributed by atoms with Crippen molar-refractivity contribution in [3.05, 3.63) is 51.5 Å². The van der Waals surface area contributed by atoms with E-state index in [0.29, 0.717) is 28.0 Å². The van der Waals surface area contributed by atoms with Crippen LogP contribution in [0.15, 0.2) is 30.3 Å². The SMILES string of the molecule is Clc1ccc(-c2cc(C3CCCCC3)c3c(c2)C2CNCCC2O3)c(Cl)c1. The van der Waals surface area contributed by atoms with Crippen LogP contribution in [0.4, 0.5) is 0 Å². The summed E-state index contributed by atoms with van der Waals surface area (Å²) in [6, 6.07) is 10.5. The van der Waals surface area contributed by atoms with Gasteiger partial charge in [0.2, 0.25) is 0 Å². The maximum Gasteiger partial charge on any atom is 0.126 e. The zero-order chi connectivity index (χ0) is 18.4. The molecule has 2 atom stereocenters. The molecule has 3 aliphatic rings. The lowest BCUT2D eigenvalue weighted by molar-refractivity contribution is 0.170. The van der Waals surface area contributed by atoms with Crippen molar-refractivity contribution in [3.63, 3.8) is 0 Å². The van der Waals surface area contributed by atoms with Crippen molar-refractivity contribution < 1.29 is 4.74 Å². The van der Waals surface area contributed by atoms with Gasteiger partial charge in [0.15, 0.2) is 0 Å². The lowest BCUT2D eigenvalue weighted by Crippen LogP contribution is -2.37. The molecule has 0 aromatic heterocycles. The normalized spacial score (nSPS) is 25.0. The maximum atomic E-state index is 6.56. The Labute approximate surface area is 171 Å². The van der Waals surface area contributed by atoms with Gasteiger partial charge in [0.05, 0.1) is 0 Å². The van der Waals surface area contributed by atoms with Crippen molar-refractivity contribution in [3.8, 4) is 16.9 Å². The van der Waals surface area contributed by atoms with Crippen LogP contribution in [0.2, 0.25) is 10.0 Å². The first-order valence-corrected chi connectivity index (χ1v) is 11.0. The molecule has 0 bridgehead atoms. The summed E-state index contributed by atoms with van der Waals surface area (Å²) < 4.78 is 6.54. The van der Waals surface area contributed by atoms with E-state index in [0.717, 1.165) is 25.1 Å². The second-order valence-corrected chi connectivity index (χ2v) is 9.04. The lowest BCUT2D eigenvalue weighted by atomic mass is 9.80. The molecule has 1 saturated heterocycles. The fourth-order valence-corrected chi connectivity index (χ4v) is 5.64. The average Bonchev–Trinajstić information content (AvgIpc) is 3.07. The van der Waals surface area contributed by atoms with E-state index in [1.165, 1.54) is 54.5 Å². The van der Waals surface area contributed by atoms with Gasteiger partial charge < -0.3 is 10.1 Å². The minimum Gasteiger partial charge on any atom is -0.489 e. The van der Waals surface area contributed by atoms with Crippen LogP contribution in [-0.2, 0) is 0 Å². The van der Waals surface area contributed by atoms with E-state index in [4.69, 9.17) is 27.9 Å². The summed E-state index contributed by atoms with van der Waals surface area (Å²) in [4.78, 5) is 0. The van der Waals surface area contributed by atoms with Crippen molar-refractivity contribution in [1.82, 2.24) is 5.32 Å². The first kappa shape index (κ1) is 17.8. The van der Waals surface area contributed by atoms with Crippen molar-refractivity contribution in [2.75, 3.05) is 13.1 Å². The number of benzene rings is 2. The zero-order valence-corrected chi connectivity index (χ0v) is 17.0. The van der Waals surface area contributed by atoms with Crippen LogP contribution in [0.1, 0.15) is 61.5 Å². The minimum absolute atomic E-state index is 0.319. The zero-order valence-electron chi connectivity index (χ0n) is 15.4. The molecule has 2 unspecified atom stereocenters. The van der Waals surface area contributed by atoms with Crippen molar-refractivity contribution in [1.29, 1.82) is 0 Å². The Balaban J connectivity index is 1.64. The highest BCUT2D eigenvalue weighted by Crippen LogP contribution is 2.49. The summed E-state index contributed by atoms with van der Waals surface area (Å²) >= 11 is 12.7. The number of piperidine rings is 1. The van der Waals surface area contributed by atoms with Gasteiger partial charge in [-0.05, 0) is 67.1 Å². The standard InChI is InChI=1S/C23H25Cl2NO/c24-16-6-7-17(21(25)12-16)15-10-18(14-4-2-1-3-5-14)23-19(11-15)20-13-26-9-8-22(20)27-23/h6-7,10-12,14,20,22,26H,1-5,8-9,13H2. The molecule has 0 spiro atoms. The van der Waals surface area contributed by atoms with E-state index < -0.39 is 0 Å². The molecule has 2 heterocycles. The number of halogens is 2. The van der Waals surface area contributed by atoms with Gasteiger partial charge >= 0.3 is 0 Å². The molecule has 2 aromatic rings. The van der Waals surface area contributed by atoms with Gasteiger partial charge in [-0.1, -0.05) is 48.5 Å². The van der Waals surface area contributed by atoms with E-state index in [9.17, 15) is 0 Å². The predicted molar refractivity (Wildman–Crippen MR) is 112 cm³/mol. The molecular weight excluding hydrogens is 377 g/mol. The highest BCUT2D eigenvalue weighted by atomic mass is 35.5. The van der Waals surface area contributed by atoms with E-state index in [1.54, 1.807) is 0 Å². The van der Waals surface area contributed by atoms with Gasteiger partial charge in [0.1, 0.15) is 11.9 Å². The van der Waals surface area contributed by atoms with Crippen LogP contribution in [0.25, 0.3) is 11.1 Å². The molecule has 142 valence electrons. The van der Waals surface area contributed by atoms with Gasteiger partial charge in [0, 0.05) is 33.6 Å². The number of fused-ring (bicyclic) bond motifs is 3. The third-order valence-electron chi connectivity index (χ3n) is 6.52. The van der Waals surface area contributed by atoms with Crippen LogP contribution < -0.4 is 10.1 Å². The van der Waals surface area contributed by atoms with E-state index in [1.807, 2.05) is 18.2 Å². The quantitative estimate of drug-likeness (QED) is 0.615. The molecule has 2 aliphatic heterocycles. The first-order chi connectivity index (χ1) is 13.2. The fourth-order valence-electron chi connectivity index (χ4n) is 5.12. The molecule has 1 saturated carbocycles. The summed E-state index contributed by atoms with van der Waals surface area (Å²) in [7, 11) is 0. The second kappa shape index (κ2) is 7.31. The molecule has 2 fully saturated rings. The largest absolute Gasteiger partial charge is 0.489 e. The second-order valence-electron chi connectivity index (χ2n) is 8.20. The Morgan fingerprint density at radius 3 is 2.56 bits per heavy atom. The predicted octanol–water partition coefficient (Wildman–Crippen LogP) is 6.55. The summed E-state index contributed by atoms with van der Waals surface area (Å²) in [6.07, 6.45) is 7.93. The van der Waals surface area contributed by atoms with Crippen molar-refractivity contribution in [2.24, 2.45) is 0 Å². The van der Waals surface area contributed by atoms with Crippen LogP contribution in [-0.4, -0.2) is 19.2 Å². The molecule has 0 radical (unpaired) electrons. The molecule has 1 aliphatic carbocycles. The van der Waals surface area contributed by atoms with E-state index >= 15 is 0 Å². The number of ether oxygens (including phenoxy) is 1. The van der Waals surface area contributed by atoms with Crippen molar-refractivity contribution in [2.45, 2.75) is 56.5 Å². The number of rotatable bonds is 2. The van der Waals surface area contributed by atoms with Crippen molar-refractivity contribution >= 4 is 23.2 Å². The molecule has 1 N–H and O–H groups in total. The third kappa shape index (κ3) is 3.26. The molecule has 5 rings (SSSR count). The van der Waals surface area contributed by atoms with Gasteiger partial charge in [-0.15, -0.1) is 0 Å². The average molecular weight is 402 g/mol. The third-order valence-corrected chi connectivity index (χ3v) is 7.07. The molecule has 2 aromatic carbocycles. The van der Waals surface area contributed by atoms with Gasteiger partial charge in [-0.3, -0.25) is 0 Å². The Morgan fingerprint density at radius 1 is 0.926 bits per heavy atom. The minimum atomic E-state index is 0.319. The monoisotopic (exact) mass is 401 g/mol. The molecule has 27 heavy (non-hydrogen) atoms. The number of hydrogen-bond acceptors (Lipinski definition) is 2. The number of hydrogen-bond donors (Lipinski definition) is 1. The van der Waals surface area contributed by atoms with Gasteiger partial charge in [-0.25, -0.2) is 0 Å². The highest BCUT2D eigenvalue weighted by molar-refractivity contribution is 6.36. The Kier molecular flexibility index (Phi) is 4.83. The molecular formula is C23H25Cl2NO. The lowest BCUT2D eigenvalue weighted by Gasteiger charge is -2.25. The van der Waals surface area contributed by atoms with Crippen LogP contribution in [0.5, 0.6) is 5.75 Å². The molecule has 0 amide bonds. The number of nitrogens with one attached hydrogen (secondary N) is 1. The fraction of sp³-hybridized carbons (Fsp3) is 0.478. The topological polar surface area (TPSA) is 21.3 Å². The maximum absolute atomic E-state index is 6.56. The first-order valence-electron chi connectivity index (χ1n) is 10.2. The Hall–Kier alpha value is -1.22. The summed E-state index contributed by atoms with van der Waals surface area (Å²) in [5.74, 6) is 2.23. The Bertz CT molecular complexity index is 860. The molecule has 2 nitrogen and oxygen atoms in total. The van der Waals surface area contributed by atoms with Crippen LogP contribution in [0.3, 0.4) is 0 Å². The van der Waals surface area contributed by atoms with Crippen LogP contribution in [0, 0.1) is 0 Å². The van der Waals surface area contributed by atoms with E-state index in [-0.39, 0.29) is 0 Å². The van der Waals surface area contributed by atoms with Crippen LogP contribution >= 0.6 is 23.2 Å². The Morgan fingerprint density at radius 2 is 1.74 bits per heavy atom. The summed E-state index contributed by atoms with van der Waals surface area (Å²) in [5.41, 5.74) is 5.04. The van der Waals surface area contributed by atoms with Gasteiger partial charge in [-0.2, -0.15) is 0 Å². The summed E-state index contributed by atoms with van der Waals surface area (Å²) in [5, 5.41) is 4.95. The smallest absolute Gasteiger partial charge is 0.126 e.